The van der Waals surface area contributed by atoms with E-state index in [2.05, 4.69) is 20.9 Å². The van der Waals surface area contributed by atoms with Crippen molar-refractivity contribution < 1.29 is 18.8 Å². The quantitative estimate of drug-likeness (QED) is 0.536. The number of fused-ring (bicyclic) bond motifs is 1. The van der Waals surface area contributed by atoms with Crippen molar-refractivity contribution in [2.75, 3.05) is 25.5 Å². The standard InChI is InChI=1S/C24H30FN5O3/c1-13-19(11-17-16-10-15(25)7-8-18(16)29-23(17)32)28-14(2)22(13)24(33)27-12-21(31)30(3)20-6-4-5-9-26-20/h7-8,10,17,20,26,28H,4-6,9,11-12H2,1-3H3,(H,27,33)(H,29,32). The fourth-order valence-electron chi connectivity index (χ4n) is 4.77. The van der Waals surface area contributed by atoms with Crippen molar-refractivity contribution in [3.8, 4) is 0 Å². The number of amides is 3. The molecule has 33 heavy (non-hydrogen) atoms. The third kappa shape index (κ3) is 4.64. The van der Waals surface area contributed by atoms with E-state index in [1.807, 2.05) is 6.92 Å². The molecule has 3 heterocycles. The first kappa shape index (κ1) is 23.0. The zero-order valence-electron chi connectivity index (χ0n) is 19.2. The van der Waals surface area contributed by atoms with Gasteiger partial charge in [0.15, 0.2) is 0 Å². The summed E-state index contributed by atoms with van der Waals surface area (Å²) in [6.45, 7) is 4.39. The normalized spacial score (nSPS) is 19.7. The molecule has 0 aliphatic carbocycles. The minimum Gasteiger partial charge on any atom is -0.362 e. The summed E-state index contributed by atoms with van der Waals surface area (Å²) in [6, 6.07) is 4.25. The summed E-state index contributed by atoms with van der Waals surface area (Å²) in [5.41, 5.74) is 3.81. The van der Waals surface area contributed by atoms with E-state index >= 15 is 0 Å². The Morgan fingerprint density at radius 3 is 2.76 bits per heavy atom. The van der Waals surface area contributed by atoms with Crippen LogP contribution in [0, 0.1) is 19.7 Å². The number of anilines is 1. The van der Waals surface area contributed by atoms with Crippen LogP contribution in [0.3, 0.4) is 0 Å². The van der Waals surface area contributed by atoms with Crippen LogP contribution in [0.25, 0.3) is 0 Å². The van der Waals surface area contributed by atoms with Crippen LogP contribution in [0.4, 0.5) is 10.1 Å². The summed E-state index contributed by atoms with van der Waals surface area (Å²) in [7, 11) is 1.75. The molecular formula is C24H30FN5O3. The Morgan fingerprint density at radius 1 is 1.24 bits per heavy atom. The van der Waals surface area contributed by atoms with E-state index in [0.717, 1.165) is 37.1 Å². The van der Waals surface area contributed by atoms with E-state index in [1.165, 1.54) is 12.1 Å². The number of piperidine rings is 1. The second-order valence-corrected chi connectivity index (χ2v) is 8.86. The Kier molecular flexibility index (Phi) is 6.51. The average molecular weight is 456 g/mol. The maximum Gasteiger partial charge on any atom is 0.253 e. The van der Waals surface area contributed by atoms with Crippen LogP contribution < -0.4 is 16.0 Å². The van der Waals surface area contributed by atoms with E-state index in [0.29, 0.717) is 28.9 Å². The number of benzene rings is 1. The van der Waals surface area contributed by atoms with Crippen LogP contribution in [0.1, 0.15) is 58.1 Å². The van der Waals surface area contributed by atoms with Gasteiger partial charge in [-0.15, -0.1) is 0 Å². The van der Waals surface area contributed by atoms with Gasteiger partial charge in [0, 0.05) is 30.5 Å². The monoisotopic (exact) mass is 455 g/mol. The van der Waals surface area contributed by atoms with Crippen LogP contribution in [0.2, 0.25) is 0 Å². The Hall–Kier alpha value is -3.20. The Labute approximate surface area is 192 Å². The minimum atomic E-state index is -0.540. The number of hydrogen-bond acceptors (Lipinski definition) is 4. The molecule has 176 valence electrons. The van der Waals surface area contributed by atoms with Gasteiger partial charge in [-0.3, -0.25) is 19.7 Å². The molecule has 2 aromatic rings. The van der Waals surface area contributed by atoms with Crippen LogP contribution in [-0.2, 0) is 16.0 Å². The van der Waals surface area contributed by atoms with Gasteiger partial charge in [0.1, 0.15) is 5.82 Å². The number of aromatic nitrogens is 1. The summed E-state index contributed by atoms with van der Waals surface area (Å²) in [5, 5.41) is 8.84. The molecule has 4 rings (SSSR count). The van der Waals surface area contributed by atoms with E-state index in [1.54, 1.807) is 24.9 Å². The summed E-state index contributed by atoms with van der Waals surface area (Å²) in [4.78, 5) is 42.8. The highest BCUT2D eigenvalue weighted by Gasteiger charge is 2.33. The van der Waals surface area contributed by atoms with Crippen molar-refractivity contribution in [3.05, 3.63) is 52.1 Å². The zero-order valence-corrected chi connectivity index (χ0v) is 19.2. The van der Waals surface area contributed by atoms with Crippen molar-refractivity contribution >= 4 is 23.4 Å². The van der Waals surface area contributed by atoms with Gasteiger partial charge in [-0.25, -0.2) is 4.39 Å². The molecule has 8 nitrogen and oxygen atoms in total. The number of H-pyrrole nitrogens is 1. The first-order chi connectivity index (χ1) is 15.8. The predicted octanol–water partition coefficient (Wildman–Crippen LogP) is 2.34. The topological polar surface area (TPSA) is 106 Å². The van der Waals surface area contributed by atoms with Crippen LogP contribution >= 0.6 is 0 Å². The minimum absolute atomic E-state index is 0.00393. The Bertz CT molecular complexity index is 1090. The number of rotatable bonds is 6. The molecule has 3 amide bonds. The molecule has 1 fully saturated rings. The van der Waals surface area contributed by atoms with Crippen LogP contribution in [0.5, 0.6) is 0 Å². The maximum atomic E-state index is 13.7. The average Bonchev–Trinajstić information content (AvgIpc) is 3.26. The number of aryl methyl sites for hydroxylation is 1. The fraction of sp³-hybridized carbons (Fsp3) is 0.458. The number of hydrogen-bond donors (Lipinski definition) is 4. The van der Waals surface area contributed by atoms with E-state index in [4.69, 9.17) is 0 Å². The number of carbonyl (C=O) groups excluding carboxylic acids is 3. The molecule has 2 unspecified atom stereocenters. The number of nitrogens with one attached hydrogen (secondary N) is 4. The SMILES string of the molecule is Cc1[nH]c(CC2C(=O)Nc3ccc(F)cc32)c(C)c1C(=O)NCC(=O)N(C)C1CCCCN1. The first-order valence-corrected chi connectivity index (χ1v) is 11.3. The summed E-state index contributed by atoms with van der Waals surface area (Å²) >= 11 is 0. The fourth-order valence-corrected chi connectivity index (χ4v) is 4.77. The predicted molar refractivity (Wildman–Crippen MR) is 122 cm³/mol. The molecule has 1 saturated heterocycles. The smallest absolute Gasteiger partial charge is 0.253 e. The van der Waals surface area contributed by atoms with Crippen LogP contribution in [-0.4, -0.2) is 53.9 Å². The lowest BCUT2D eigenvalue weighted by Gasteiger charge is -2.32. The van der Waals surface area contributed by atoms with Crippen molar-refractivity contribution in [1.29, 1.82) is 0 Å². The number of carbonyl (C=O) groups is 3. The highest BCUT2D eigenvalue weighted by Crippen LogP contribution is 2.36. The number of halogens is 1. The lowest BCUT2D eigenvalue weighted by atomic mass is 9.94. The molecule has 9 heteroatoms. The van der Waals surface area contributed by atoms with Gasteiger partial charge >= 0.3 is 0 Å². The molecule has 1 aromatic heterocycles. The van der Waals surface area contributed by atoms with Gasteiger partial charge in [0.05, 0.1) is 24.2 Å². The maximum absolute atomic E-state index is 13.7. The lowest BCUT2D eigenvalue weighted by Crippen LogP contribution is -2.51. The van der Waals surface area contributed by atoms with Gasteiger partial charge in [-0.1, -0.05) is 0 Å². The molecule has 0 bridgehead atoms. The van der Waals surface area contributed by atoms with Crippen molar-refractivity contribution in [3.63, 3.8) is 0 Å². The molecule has 1 aromatic carbocycles. The highest BCUT2D eigenvalue weighted by molar-refractivity contribution is 6.03. The molecule has 2 aliphatic rings. The van der Waals surface area contributed by atoms with Gasteiger partial charge in [-0.05, 0) is 69.0 Å². The van der Waals surface area contributed by atoms with Gasteiger partial charge < -0.3 is 20.5 Å². The molecule has 0 spiro atoms. The third-order valence-electron chi connectivity index (χ3n) is 6.69. The van der Waals surface area contributed by atoms with Crippen molar-refractivity contribution in [1.82, 2.24) is 20.5 Å². The molecular weight excluding hydrogens is 425 g/mol. The molecule has 4 N–H and O–H groups in total. The molecule has 2 aliphatic heterocycles. The molecule has 0 saturated carbocycles. The number of aromatic amines is 1. The van der Waals surface area contributed by atoms with Crippen molar-refractivity contribution in [2.45, 2.75) is 51.6 Å². The third-order valence-corrected chi connectivity index (χ3v) is 6.69. The van der Waals surface area contributed by atoms with E-state index in [-0.39, 0.29) is 30.4 Å². The Morgan fingerprint density at radius 2 is 2.03 bits per heavy atom. The van der Waals surface area contributed by atoms with E-state index < -0.39 is 11.7 Å². The molecule has 0 radical (unpaired) electrons. The summed E-state index contributed by atoms with van der Waals surface area (Å²) in [6.07, 6.45) is 3.39. The molecule has 2 atom stereocenters. The number of likely N-dealkylation sites (N-methyl/N-ethyl adjacent to an activating group) is 1. The van der Waals surface area contributed by atoms with Gasteiger partial charge in [0.2, 0.25) is 11.8 Å². The Balaban J connectivity index is 1.43. The second kappa shape index (κ2) is 9.35. The lowest BCUT2D eigenvalue weighted by molar-refractivity contribution is -0.132. The van der Waals surface area contributed by atoms with Gasteiger partial charge in [-0.2, -0.15) is 0 Å². The van der Waals surface area contributed by atoms with Crippen molar-refractivity contribution in [2.24, 2.45) is 0 Å². The highest BCUT2D eigenvalue weighted by atomic mass is 19.1. The van der Waals surface area contributed by atoms with E-state index in [9.17, 15) is 18.8 Å². The first-order valence-electron chi connectivity index (χ1n) is 11.3. The van der Waals surface area contributed by atoms with Crippen LogP contribution in [0.15, 0.2) is 18.2 Å². The summed E-state index contributed by atoms with van der Waals surface area (Å²) < 4.78 is 13.7. The second-order valence-electron chi connectivity index (χ2n) is 8.86. The summed E-state index contributed by atoms with van der Waals surface area (Å²) in [5.74, 6) is -1.63. The largest absolute Gasteiger partial charge is 0.362 e. The zero-order chi connectivity index (χ0) is 23.7. The number of nitrogens with zero attached hydrogens (tertiary/aromatic N) is 1. The van der Waals surface area contributed by atoms with Gasteiger partial charge in [0.25, 0.3) is 5.91 Å².